The van der Waals surface area contributed by atoms with Crippen LogP contribution in [0.15, 0.2) is 23.1 Å². The Hall–Kier alpha value is -1.62. The van der Waals surface area contributed by atoms with E-state index < -0.39 is 0 Å². The van der Waals surface area contributed by atoms with Crippen LogP contribution in [0.3, 0.4) is 0 Å². The summed E-state index contributed by atoms with van der Waals surface area (Å²) < 4.78 is 0. The predicted molar refractivity (Wildman–Crippen MR) is 69.7 cm³/mol. The summed E-state index contributed by atoms with van der Waals surface area (Å²) in [6, 6.07) is 3.27. The van der Waals surface area contributed by atoms with Gasteiger partial charge in [0.1, 0.15) is 0 Å². The number of carbonyl (C=O) groups is 1. The molecule has 1 aromatic rings. The molecule has 0 radical (unpaired) electrons. The van der Waals surface area contributed by atoms with E-state index in [0.29, 0.717) is 5.56 Å². The van der Waals surface area contributed by atoms with Crippen molar-refractivity contribution in [3.63, 3.8) is 0 Å². The number of nitrogens with one attached hydrogen (secondary N) is 1. The van der Waals surface area contributed by atoms with Crippen LogP contribution in [0, 0.1) is 0 Å². The number of H-pyrrole nitrogens is 1. The number of rotatable bonds is 2. The molecular weight excluding hydrogens is 230 g/mol. The van der Waals surface area contributed by atoms with E-state index >= 15 is 0 Å². The molecule has 0 atom stereocenters. The van der Waals surface area contributed by atoms with Gasteiger partial charge < -0.3 is 14.8 Å². The Morgan fingerprint density at radius 1 is 1.44 bits per heavy atom. The van der Waals surface area contributed by atoms with Crippen molar-refractivity contribution >= 4 is 5.91 Å². The Balaban J connectivity index is 2.07. The van der Waals surface area contributed by atoms with Gasteiger partial charge in [0.15, 0.2) is 0 Å². The first-order valence-electron chi connectivity index (χ1n) is 6.22. The molecular formula is C13H19N3O2. The lowest BCUT2D eigenvalue weighted by atomic mass is 10.0. The second kappa shape index (κ2) is 5.35. The molecule has 0 unspecified atom stereocenters. The van der Waals surface area contributed by atoms with Gasteiger partial charge in [0, 0.05) is 30.9 Å². The fourth-order valence-electron chi connectivity index (χ4n) is 2.33. The number of hydrogen-bond acceptors (Lipinski definition) is 3. The normalized spacial score (nSPS) is 17.7. The number of pyridine rings is 1. The highest BCUT2D eigenvalue weighted by molar-refractivity contribution is 5.94. The Morgan fingerprint density at radius 3 is 2.72 bits per heavy atom. The highest BCUT2D eigenvalue weighted by atomic mass is 16.2. The zero-order valence-electron chi connectivity index (χ0n) is 10.8. The van der Waals surface area contributed by atoms with Gasteiger partial charge >= 0.3 is 0 Å². The molecule has 1 aromatic heterocycles. The van der Waals surface area contributed by atoms with Gasteiger partial charge in [-0.3, -0.25) is 9.59 Å². The summed E-state index contributed by atoms with van der Waals surface area (Å²) in [5.41, 5.74) is 0.220. The third kappa shape index (κ3) is 2.79. The molecule has 5 heteroatoms. The quantitative estimate of drug-likeness (QED) is 0.832. The summed E-state index contributed by atoms with van der Waals surface area (Å²) in [5, 5.41) is 0. The molecule has 0 aromatic carbocycles. The summed E-state index contributed by atoms with van der Waals surface area (Å²) in [5.74, 6) is -0.0735. The number of piperidine rings is 1. The van der Waals surface area contributed by atoms with Crippen molar-refractivity contribution in [2.75, 3.05) is 27.2 Å². The lowest BCUT2D eigenvalue weighted by Crippen LogP contribution is -2.44. The topological polar surface area (TPSA) is 56.4 Å². The van der Waals surface area contributed by atoms with Gasteiger partial charge in [0.05, 0.1) is 0 Å². The highest BCUT2D eigenvalue weighted by Crippen LogP contribution is 2.16. The number of amides is 1. The molecule has 1 fully saturated rings. The molecule has 0 aliphatic carbocycles. The molecule has 2 rings (SSSR count). The van der Waals surface area contributed by atoms with Crippen LogP contribution in [0.25, 0.3) is 0 Å². The molecule has 5 nitrogen and oxygen atoms in total. The van der Waals surface area contributed by atoms with Crippen LogP contribution in [0.1, 0.15) is 23.2 Å². The van der Waals surface area contributed by atoms with Gasteiger partial charge in [-0.15, -0.1) is 0 Å². The first-order chi connectivity index (χ1) is 8.58. The minimum Gasteiger partial charge on any atom is -0.339 e. The molecule has 0 saturated carbocycles. The lowest BCUT2D eigenvalue weighted by molar-refractivity contribution is 0.0659. The number of hydrogen-bond donors (Lipinski definition) is 1. The average molecular weight is 249 g/mol. The van der Waals surface area contributed by atoms with Crippen LogP contribution in [-0.4, -0.2) is 53.9 Å². The van der Waals surface area contributed by atoms with Gasteiger partial charge in [-0.25, -0.2) is 0 Å². The fraction of sp³-hybridized carbons (Fsp3) is 0.538. The second-order valence-electron chi connectivity index (χ2n) is 4.89. The molecule has 2 heterocycles. The van der Waals surface area contributed by atoms with E-state index in [9.17, 15) is 9.59 Å². The van der Waals surface area contributed by atoms with E-state index in [1.807, 2.05) is 7.05 Å². The monoisotopic (exact) mass is 249 g/mol. The van der Waals surface area contributed by atoms with Crippen molar-refractivity contribution in [3.8, 4) is 0 Å². The van der Waals surface area contributed by atoms with Crippen LogP contribution in [0.2, 0.25) is 0 Å². The third-order valence-electron chi connectivity index (χ3n) is 3.58. The smallest absolute Gasteiger partial charge is 0.254 e. The molecule has 1 amide bonds. The third-order valence-corrected chi connectivity index (χ3v) is 3.58. The lowest BCUT2D eigenvalue weighted by Gasteiger charge is -2.35. The van der Waals surface area contributed by atoms with E-state index in [1.54, 1.807) is 11.0 Å². The van der Waals surface area contributed by atoms with Crippen LogP contribution < -0.4 is 5.56 Å². The number of nitrogens with zero attached hydrogens (tertiary/aromatic N) is 2. The Kier molecular flexibility index (Phi) is 3.81. The number of aromatic nitrogens is 1. The Bertz CT molecular complexity index is 475. The zero-order chi connectivity index (χ0) is 13.1. The molecule has 1 saturated heterocycles. The van der Waals surface area contributed by atoms with Crippen molar-refractivity contribution < 1.29 is 4.79 Å². The largest absolute Gasteiger partial charge is 0.339 e. The van der Waals surface area contributed by atoms with Crippen molar-refractivity contribution in [3.05, 3.63) is 34.2 Å². The molecule has 18 heavy (non-hydrogen) atoms. The van der Waals surface area contributed by atoms with Gasteiger partial charge in [0.25, 0.3) is 5.91 Å². The Morgan fingerprint density at radius 2 is 2.11 bits per heavy atom. The van der Waals surface area contributed by atoms with Crippen LogP contribution in [0.4, 0.5) is 0 Å². The fourth-order valence-corrected chi connectivity index (χ4v) is 2.33. The molecule has 0 spiro atoms. The maximum absolute atomic E-state index is 12.2. The molecule has 1 aliphatic heterocycles. The summed E-state index contributed by atoms with van der Waals surface area (Å²) >= 11 is 0. The zero-order valence-corrected chi connectivity index (χ0v) is 10.8. The van der Waals surface area contributed by atoms with E-state index in [0.717, 1.165) is 25.9 Å². The van der Waals surface area contributed by atoms with E-state index in [-0.39, 0.29) is 17.5 Å². The summed E-state index contributed by atoms with van der Waals surface area (Å²) in [6.45, 7) is 2.02. The van der Waals surface area contributed by atoms with E-state index in [2.05, 4.69) is 16.9 Å². The van der Waals surface area contributed by atoms with Crippen molar-refractivity contribution in [1.29, 1.82) is 0 Å². The Labute approximate surface area is 106 Å². The van der Waals surface area contributed by atoms with E-state index in [1.165, 1.54) is 12.3 Å². The molecule has 0 bridgehead atoms. The van der Waals surface area contributed by atoms with Crippen LogP contribution >= 0.6 is 0 Å². The maximum Gasteiger partial charge on any atom is 0.254 e. The average Bonchev–Trinajstić information content (AvgIpc) is 2.38. The molecule has 1 aliphatic rings. The predicted octanol–water partition coefficient (Wildman–Crippen LogP) is 0.541. The van der Waals surface area contributed by atoms with Gasteiger partial charge in [-0.05, 0) is 39.0 Å². The molecule has 98 valence electrons. The standard InChI is InChI=1S/C13H19N3O2/c1-15-7-4-11(5-8-15)16(2)13(18)10-3-6-14-12(17)9-10/h3,6,9,11H,4-5,7-8H2,1-2H3,(H,14,17). The summed E-state index contributed by atoms with van der Waals surface area (Å²) in [6.07, 6.45) is 3.49. The summed E-state index contributed by atoms with van der Waals surface area (Å²) in [7, 11) is 3.91. The minimum absolute atomic E-state index is 0.0735. The van der Waals surface area contributed by atoms with Gasteiger partial charge in [-0.2, -0.15) is 0 Å². The SMILES string of the molecule is CN1CCC(N(C)C(=O)c2cc[nH]c(=O)c2)CC1. The van der Waals surface area contributed by atoms with Crippen molar-refractivity contribution in [1.82, 2.24) is 14.8 Å². The van der Waals surface area contributed by atoms with Crippen LogP contribution in [0.5, 0.6) is 0 Å². The maximum atomic E-state index is 12.2. The van der Waals surface area contributed by atoms with Crippen molar-refractivity contribution in [2.24, 2.45) is 0 Å². The van der Waals surface area contributed by atoms with Crippen molar-refractivity contribution in [2.45, 2.75) is 18.9 Å². The summed E-state index contributed by atoms with van der Waals surface area (Å²) in [4.78, 5) is 30.0. The first-order valence-corrected chi connectivity index (χ1v) is 6.22. The van der Waals surface area contributed by atoms with Gasteiger partial charge in [0.2, 0.25) is 5.56 Å². The first kappa shape index (κ1) is 12.8. The second-order valence-corrected chi connectivity index (χ2v) is 4.89. The minimum atomic E-state index is -0.238. The number of carbonyl (C=O) groups excluding carboxylic acids is 1. The molecule has 1 N–H and O–H groups in total. The van der Waals surface area contributed by atoms with Crippen LogP contribution in [-0.2, 0) is 0 Å². The number of likely N-dealkylation sites (tertiary alicyclic amines) is 1. The van der Waals surface area contributed by atoms with E-state index in [4.69, 9.17) is 0 Å². The highest BCUT2D eigenvalue weighted by Gasteiger charge is 2.24. The number of aromatic amines is 1. The van der Waals surface area contributed by atoms with Gasteiger partial charge in [-0.1, -0.05) is 0 Å².